The number of amides is 2. The van der Waals surface area contributed by atoms with Crippen LogP contribution in [0, 0.1) is 0 Å². The average molecular weight is 342 g/mol. The molecule has 0 aromatic heterocycles. The number of benzene rings is 2. The molecule has 0 saturated heterocycles. The van der Waals surface area contributed by atoms with Gasteiger partial charge in [0.25, 0.3) is 5.91 Å². The number of ether oxygens (including phenoxy) is 2. The van der Waals surface area contributed by atoms with Crippen LogP contribution in [-0.4, -0.2) is 44.5 Å². The van der Waals surface area contributed by atoms with Crippen LogP contribution in [-0.2, 0) is 16.1 Å². The van der Waals surface area contributed by atoms with Gasteiger partial charge < -0.3 is 19.7 Å². The summed E-state index contributed by atoms with van der Waals surface area (Å²) in [6.45, 7) is 0.291. The molecule has 2 amide bonds. The average Bonchev–Trinajstić information content (AvgIpc) is 2.61. The summed E-state index contributed by atoms with van der Waals surface area (Å²) < 4.78 is 10.6. The van der Waals surface area contributed by atoms with Gasteiger partial charge in [0.05, 0.1) is 19.3 Å². The summed E-state index contributed by atoms with van der Waals surface area (Å²) in [6.07, 6.45) is 0. The van der Waals surface area contributed by atoms with E-state index in [0.29, 0.717) is 23.6 Å². The van der Waals surface area contributed by atoms with Crippen LogP contribution in [0.3, 0.4) is 0 Å². The Hall–Kier alpha value is -2.86. The van der Waals surface area contributed by atoms with E-state index in [9.17, 15) is 9.59 Å². The number of anilines is 1. The molecule has 0 fully saturated rings. The normalized spacial score (nSPS) is 10.2. The molecule has 0 saturated carbocycles. The van der Waals surface area contributed by atoms with E-state index in [-0.39, 0.29) is 18.4 Å². The van der Waals surface area contributed by atoms with Gasteiger partial charge in [0, 0.05) is 19.8 Å². The SMILES string of the molecule is COc1ccc(NC(=O)COCc2ccccc2)cc1C(=O)N(C)C. The molecule has 0 unspecified atom stereocenters. The van der Waals surface area contributed by atoms with Crippen molar-refractivity contribution >= 4 is 17.5 Å². The third-order valence-corrected chi connectivity index (χ3v) is 3.46. The minimum Gasteiger partial charge on any atom is -0.496 e. The molecule has 0 heterocycles. The molecule has 132 valence electrons. The van der Waals surface area contributed by atoms with Gasteiger partial charge >= 0.3 is 0 Å². The van der Waals surface area contributed by atoms with E-state index in [2.05, 4.69) is 5.32 Å². The van der Waals surface area contributed by atoms with Crippen molar-refractivity contribution in [3.63, 3.8) is 0 Å². The van der Waals surface area contributed by atoms with Crippen molar-refractivity contribution < 1.29 is 19.1 Å². The Morgan fingerprint density at radius 3 is 2.44 bits per heavy atom. The molecule has 0 spiro atoms. The van der Waals surface area contributed by atoms with Crippen molar-refractivity contribution in [1.82, 2.24) is 4.90 Å². The standard InChI is InChI=1S/C19H22N2O4/c1-21(2)19(23)16-11-15(9-10-17(16)24-3)20-18(22)13-25-12-14-7-5-4-6-8-14/h4-11H,12-13H2,1-3H3,(H,20,22). The number of methoxy groups -OCH3 is 1. The number of carbonyl (C=O) groups excluding carboxylic acids is 2. The molecule has 0 bridgehead atoms. The smallest absolute Gasteiger partial charge is 0.257 e. The second-order valence-corrected chi connectivity index (χ2v) is 5.64. The van der Waals surface area contributed by atoms with Crippen LogP contribution in [0.4, 0.5) is 5.69 Å². The highest BCUT2D eigenvalue weighted by atomic mass is 16.5. The summed E-state index contributed by atoms with van der Waals surface area (Å²) in [4.78, 5) is 25.7. The van der Waals surface area contributed by atoms with E-state index < -0.39 is 0 Å². The van der Waals surface area contributed by atoms with Crippen molar-refractivity contribution in [3.05, 3.63) is 59.7 Å². The van der Waals surface area contributed by atoms with Crippen LogP contribution < -0.4 is 10.1 Å². The number of nitrogens with zero attached hydrogens (tertiary/aromatic N) is 1. The van der Waals surface area contributed by atoms with E-state index in [1.54, 1.807) is 32.3 Å². The van der Waals surface area contributed by atoms with Gasteiger partial charge in [-0.1, -0.05) is 30.3 Å². The summed E-state index contributed by atoms with van der Waals surface area (Å²) in [5.74, 6) is -0.0327. The lowest BCUT2D eigenvalue weighted by atomic mass is 10.1. The minimum absolute atomic E-state index is 0.0715. The van der Waals surface area contributed by atoms with Crippen molar-refractivity contribution in [2.75, 3.05) is 33.1 Å². The Balaban J connectivity index is 1.96. The Labute approximate surface area is 147 Å². The lowest BCUT2D eigenvalue weighted by Gasteiger charge is -2.15. The first-order chi connectivity index (χ1) is 12.0. The first-order valence-electron chi connectivity index (χ1n) is 7.82. The quantitative estimate of drug-likeness (QED) is 0.840. The van der Waals surface area contributed by atoms with Gasteiger partial charge in [-0.15, -0.1) is 0 Å². The molecule has 0 aliphatic carbocycles. The maximum Gasteiger partial charge on any atom is 0.257 e. The monoisotopic (exact) mass is 342 g/mol. The second kappa shape index (κ2) is 8.84. The molecule has 2 rings (SSSR count). The summed E-state index contributed by atoms with van der Waals surface area (Å²) in [6, 6.07) is 14.5. The molecule has 0 aliphatic heterocycles. The van der Waals surface area contributed by atoms with Crippen LogP contribution in [0.15, 0.2) is 48.5 Å². The zero-order valence-electron chi connectivity index (χ0n) is 14.6. The first kappa shape index (κ1) is 18.5. The summed E-state index contributed by atoms with van der Waals surface area (Å²) in [5, 5.41) is 2.72. The Bertz CT molecular complexity index is 729. The molecule has 0 atom stereocenters. The number of rotatable bonds is 7. The molecule has 0 radical (unpaired) electrons. The lowest BCUT2D eigenvalue weighted by molar-refractivity contribution is -0.121. The fourth-order valence-corrected chi connectivity index (χ4v) is 2.23. The number of nitrogens with one attached hydrogen (secondary N) is 1. The van der Waals surface area contributed by atoms with E-state index in [0.717, 1.165) is 5.56 Å². The Kier molecular flexibility index (Phi) is 6.54. The van der Waals surface area contributed by atoms with Gasteiger partial charge in [-0.2, -0.15) is 0 Å². The van der Waals surface area contributed by atoms with E-state index in [1.807, 2.05) is 30.3 Å². The zero-order chi connectivity index (χ0) is 18.2. The summed E-state index contributed by atoms with van der Waals surface area (Å²) in [5.41, 5.74) is 1.90. The molecule has 6 nitrogen and oxygen atoms in total. The lowest BCUT2D eigenvalue weighted by Crippen LogP contribution is -2.23. The van der Waals surface area contributed by atoms with Crippen molar-refractivity contribution in [3.8, 4) is 5.75 Å². The van der Waals surface area contributed by atoms with Gasteiger partial charge in [-0.25, -0.2) is 0 Å². The maximum absolute atomic E-state index is 12.2. The number of hydrogen-bond acceptors (Lipinski definition) is 4. The summed E-state index contributed by atoms with van der Waals surface area (Å²) >= 11 is 0. The minimum atomic E-state index is -0.288. The fraction of sp³-hybridized carbons (Fsp3) is 0.263. The molecule has 1 N–H and O–H groups in total. The topological polar surface area (TPSA) is 67.9 Å². The zero-order valence-corrected chi connectivity index (χ0v) is 14.6. The second-order valence-electron chi connectivity index (χ2n) is 5.64. The van der Waals surface area contributed by atoms with Gasteiger partial charge in [0.15, 0.2) is 0 Å². The van der Waals surface area contributed by atoms with Crippen molar-refractivity contribution in [2.24, 2.45) is 0 Å². The molecule has 6 heteroatoms. The Morgan fingerprint density at radius 1 is 1.08 bits per heavy atom. The van der Waals surface area contributed by atoms with E-state index in [1.165, 1.54) is 12.0 Å². The first-order valence-corrected chi connectivity index (χ1v) is 7.82. The highest BCUT2D eigenvalue weighted by Crippen LogP contribution is 2.23. The van der Waals surface area contributed by atoms with Gasteiger partial charge in [0.2, 0.25) is 5.91 Å². The predicted octanol–water partition coefficient (Wildman–Crippen LogP) is 2.55. The molecule has 2 aromatic carbocycles. The van der Waals surface area contributed by atoms with Crippen molar-refractivity contribution in [2.45, 2.75) is 6.61 Å². The van der Waals surface area contributed by atoms with Gasteiger partial charge in [-0.3, -0.25) is 9.59 Å². The third kappa shape index (κ3) is 5.32. The van der Waals surface area contributed by atoms with Crippen LogP contribution in [0.5, 0.6) is 5.75 Å². The maximum atomic E-state index is 12.2. The number of carbonyl (C=O) groups is 2. The molecular weight excluding hydrogens is 320 g/mol. The highest BCUT2D eigenvalue weighted by molar-refractivity contribution is 5.99. The number of hydrogen-bond donors (Lipinski definition) is 1. The molecule has 0 aliphatic rings. The predicted molar refractivity (Wildman–Crippen MR) is 95.7 cm³/mol. The van der Waals surface area contributed by atoms with Crippen LogP contribution in [0.25, 0.3) is 0 Å². The summed E-state index contributed by atoms with van der Waals surface area (Å²) in [7, 11) is 4.81. The van der Waals surface area contributed by atoms with Crippen molar-refractivity contribution in [1.29, 1.82) is 0 Å². The van der Waals surface area contributed by atoms with E-state index in [4.69, 9.17) is 9.47 Å². The molecular formula is C19H22N2O4. The van der Waals surface area contributed by atoms with Gasteiger partial charge in [0.1, 0.15) is 12.4 Å². The molecule has 25 heavy (non-hydrogen) atoms. The highest BCUT2D eigenvalue weighted by Gasteiger charge is 2.15. The largest absolute Gasteiger partial charge is 0.496 e. The van der Waals surface area contributed by atoms with E-state index >= 15 is 0 Å². The van der Waals surface area contributed by atoms with Crippen LogP contribution >= 0.6 is 0 Å². The third-order valence-electron chi connectivity index (χ3n) is 3.46. The Morgan fingerprint density at radius 2 is 1.80 bits per heavy atom. The van der Waals surface area contributed by atoms with Crippen LogP contribution in [0.1, 0.15) is 15.9 Å². The van der Waals surface area contributed by atoms with Gasteiger partial charge in [-0.05, 0) is 23.8 Å². The van der Waals surface area contributed by atoms with Crippen LogP contribution in [0.2, 0.25) is 0 Å². The fourth-order valence-electron chi connectivity index (χ4n) is 2.23. The molecule has 2 aromatic rings.